The molecule has 5 rings (SSSR count). The minimum Gasteiger partial charge on any atom is -0.361 e. The third-order valence-corrected chi connectivity index (χ3v) is 7.02. The van der Waals surface area contributed by atoms with Crippen molar-refractivity contribution in [3.63, 3.8) is 0 Å². The van der Waals surface area contributed by atoms with Gasteiger partial charge in [0.25, 0.3) is 0 Å². The lowest BCUT2D eigenvalue weighted by molar-refractivity contribution is 0.181. The predicted octanol–water partition coefficient (Wildman–Crippen LogP) is 4.24. The van der Waals surface area contributed by atoms with Crippen molar-refractivity contribution in [1.29, 1.82) is 0 Å². The zero-order chi connectivity index (χ0) is 20.2. The number of aryl methyl sites for hydroxylation is 1. The van der Waals surface area contributed by atoms with Crippen molar-refractivity contribution in [3.05, 3.63) is 23.0 Å². The molecule has 1 saturated carbocycles. The van der Waals surface area contributed by atoms with Gasteiger partial charge in [0, 0.05) is 24.7 Å². The van der Waals surface area contributed by atoms with Crippen LogP contribution in [-0.4, -0.2) is 56.9 Å². The van der Waals surface area contributed by atoms with E-state index in [4.69, 9.17) is 11.6 Å². The molecule has 0 unspecified atom stereocenters. The summed E-state index contributed by atoms with van der Waals surface area (Å²) < 4.78 is 42.1. The van der Waals surface area contributed by atoms with E-state index in [9.17, 15) is 13.2 Å². The molecule has 2 aromatic rings. The first kappa shape index (κ1) is 19.3. The quantitative estimate of drug-likeness (QED) is 0.701. The van der Waals surface area contributed by atoms with Crippen LogP contribution in [0.25, 0.3) is 10.9 Å². The summed E-state index contributed by atoms with van der Waals surface area (Å²) in [5, 5.41) is 3.28. The van der Waals surface area contributed by atoms with Crippen LogP contribution >= 0.6 is 11.6 Å². The van der Waals surface area contributed by atoms with E-state index < -0.39 is 24.2 Å². The van der Waals surface area contributed by atoms with E-state index in [0.29, 0.717) is 55.7 Å². The Balaban J connectivity index is 1.48. The van der Waals surface area contributed by atoms with Gasteiger partial charge in [0.05, 0.1) is 10.9 Å². The van der Waals surface area contributed by atoms with Crippen LogP contribution in [0.2, 0.25) is 5.15 Å². The lowest BCUT2D eigenvalue weighted by Crippen LogP contribution is -2.38. The molecule has 0 bridgehead atoms. The largest absolute Gasteiger partial charge is 0.361 e. The summed E-state index contributed by atoms with van der Waals surface area (Å²) in [6.07, 6.45) is 5.78. The third kappa shape index (κ3) is 3.34. The first-order chi connectivity index (χ1) is 13.9. The molecule has 3 aliphatic rings. The molecule has 29 heavy (non-hydrogen) atoms. The van der Waals surface area contributed by atoms with E-state index in [-0.39, 0.29) is 16.2 Å². The first-order valence-electron chi connectivity index (χ1n) is 10.2. The lowest BCUT2D eigenvalue weighted by atomic mass is 9.88. The monoisotopic (exact) mass is 425 g/mol. The fourth-order valence-electron chi connectivity index (χ4n) is 4.94. The summed E-state index contributed by atoms with van der Waals surface area (Å²) >= 11 is 5.86. The molecular weight excluding hydrogens is 403 g/mol. The van der Waals surface area contributed by atoms with Gasteiger partial charge >= 0.3 is 0 Å². The van der Waals surface area contributed by atoms with Crippen LogP contribution in [0.5, 0.6) is 0 Å². The molecule has 0 spiro atoms. The van der Waals surface area contributed by atoms with Crippen molar-refractivity contribution in [1.82, 2.24) is 19.9 Å². The molecule has 0 aromatic carbocycles. The van der Waals surface area contributed by atoms with Crippen LogP contribution < -0.4 is 5.32 Å². The average molecular weight is 426 g/mol. The minimum atomic E-state index is -0.799. The van der Waals surface area contributed by atoms with Crippen molar-refractivity contribution in [2.24, 2.45) is 0 Å². The highest BCUT2D eigenvalue weighted by Crippen LogP contribution is 2.43. The highest BCUT2D eigenvalue weighted by atomic mass is 35.5. The Bertz CT molecular complexity index is 953. The number of nitrogens with zero attached hydrogens (tertiary/aromatic N) is 4. The number of aromatic nitrogens is 3. The normalized spacial score (nSPS) is 28.1. The topological polar surface area (TPSA) is 53.9 Å². The van der Waals surface area contributed by atoms with Gasteiger partial charge in [-0.05, 0) is 45.1 Å². The Morgan fingerprint density at radius 2 is 2.10 bits per heavy atom. The van der Waals surface area contributed by atoms with Gasteiger partial charge in [-0.1, -0.05) is 11.6 Å². The summed E-state index contributed by atoms with van der Waals surface area (Å²) in [5.41, 5.74) is -0.707. The molecule has 0 radical (unpaired) electrons. The van der Waals surface area contributed by atoms with Crippen LogP contribution in [0, 0.1) is 5.82 Å². The number of hydrogen-bond donors (Lipinski definition) is 1. The van der Waals surface area contributed by atoms with Gasteiger partial charge in [0.2, 0.25) is 0 Å². The fourth-order valence-corrected chi connectivity index (χ4v) is 5.08. The molecule has 2 aliphatic heterocycles. The van der Waals surface area contributed by atoms with Crippen LogP contribution in [-0.2, 0) is 6.42 Å². The maximum absolute atomic E-state index is 14.7. The Morgan fingerprint density at radius 3 is 2.86 bits per heavy atom. The van der Waals surface area contributed by atoms with Crippen LogP contribution in [0.15, 0.2) is 6.20 Å². The molecule has 2 aromatic heterocycles. The highest BCUT2D eigenvalue weighted by molar-refractivity contribution is 6.30. The summed E-state index contributed by atoms with van der Waals surface area (Å²) in [5.74, 6) is 0.143. The maximum atomic E-state index is 14.7. The van der Waals surface area contributed by atoms with Gasteiger partial charge in [-0.2, -0.15) is 0 Å². The molecule has 0 amide bonds. The van der Waals surface area contributed by atoms with Crippen LogP contribution in [0.3, 0.4) is 0 Å². The van der Waals surface area contributed by atoms with Crippen molar-refractivity contribution < 1.29 is 13.2 Å². The van der Waals surface area contributed by atoms with Crippen LogP contribution in [0.1, 0.15) is 44.3 Å². The summed E-state index contributed by atoms with van der Waals surface area (Å²) in [4.78, 5) is 15.1. The lowest BCUT2D eigenvalue weighted by Gasteiger charge is -2.31. The van der Waals surface area contributed by atoms with Crippen molar-refractivity contribution in [2.45, 2.75) is 62.2 Å². The minimum absolute atomic E-state index is 0.0859. The number of anilines is 1. The highest BCUT2D eigenvalue weighted by Gasteiger charge is 2.48. The van der Waals surface area contributed by atoms with Crippen LogP contribution in [0.4, 0.5) is 19.0 Å². The number of halogens is 4. The molecule has 3 fully saturated rings. The number of alkyl halides is 2. The van der Waals surface area contributed by atoms with Crippen molar-refractivity contribution in [2.75, 3.05) is 25.1 Å². The Labute approximate surface area is 172 Å². The van der Waals surface area contributed by atoms with Gasteiger partial charge < -0.3 is 5.32 Å². The SMILES string of the molecule is FCC1(Nc2nc(CC[C@@]34CCCN3C[C@H](F)C4)nc3c(F)c(Cl)ncc23)CC1. The maximum Gasteiger partial charge on any atom is 0.186 e. The fraction of sp³-hybridized carbons (Fsp3) is 0.650. The smallest absolute Gasteiger partial charge is 0.186 e. The number of fused-ring (bicyclic) bond motifs is 2. The number of pyridine rings is 1. The average Bonchev–Trinajstić information content (AvgIpc) is 3.26. The van der Waals surface area contributed by atoms with E-state index >= 15 is 0 Å². The predicted molar refractivity (Wildman–Crippen MR) is 105 cm³/mol. The van der Waals surface area contributed by atoms with E-state index in [1.54, 1.807) is 0 Å². The molecule has 1 N–H and O–H groups in total. The number of hydrogen-bond acceptors (Lipinski definition) is 5. The molecule has 2 saturated heterocycles. The molecule has 156 valence electrons. The zero-order valence-corrected chi connectivity index (χ0v) is 16.8. The summed E-state index contributed by atoms with van der Waals surface area (Å²) in [6, 6.07) is 0. The summed E-state index contributed by atoms with van der Waals surface area (Å²) in [7, 11) is 0. The molecule has 4 heterocycles. The summed E-state index contributed by atoms with van der Waals surface area (Å²) in [6.45, 7) is 0.883. The number of rotatable bonds is 6. The molecule has 9 heteroatoms. The van der Waals surface area contributed by atoms with Gasteiger partial charge in [0.15, 0.2) is 11.0 Å². The van der Waals surface area contributed by atoms with E-state index in [1.807, 2.05) is 0 Å². The second-order valence-corrected chi connectivity index (χ2v) is 9.09. The van der Waals surface area contributed by atoms with Crippen molar-refractivity contribution >= 4 is 28.3 Å². The standard InChI is InChI=1S/C20H23ClF3N5/c21-17-15(24)16-13(9-25-17)18(28-19(11-22)5-6-19)27-14(26-16)2-4-20-3-1-7-29(20)10-12(23)8-20/h9,12H,1-8,10-11H2,(H,26,27,28)/t12-,20-/m1/s1. The molecule has 5 nitrogen and oxygen atoms in total. The van der Waals surface area contributed by atoms with Crippen molar-refractivity contribution in [3.8, 4) is 0 Å². The molecule has 1 aliphatic carbocycles. The Morgan fingerprint density at radius 1 is 1.28 bits per heavy atom. The van der Waals surface area contributed by atoms with Gasteiger partial charge in [-0.3, -0.25) is 4.90 Å². The van der Waals surface area contributed by atoms with E-state index in [0.717, 1.165) is 19.4 Å². The second-order valence-electron chi connectivity index (χ2n) is 8.73. The van der Waals surface area contributed by atoms with Gasteiger partial charge in [-0.15, -0.1) is 0 Å². The van der Waals surface area contributed by atoms with E-state index in [1.165, 1.54) is 6.20 Å². The molecule has 2 atom stereocenters. The van der Waals surface area contributed by atoms with Gasteiger partial charge in [0.1, 0.15) is 30.0 Å². The first-order valence-corrected chi connectivity index (χ1v) is 10.6. The van der Waals surface area contributed by atoms with E-state index in [2.05, 4.69) is 25.2 Å². The number of nitrogens with one attached hydrogen (secondary N) is 1. The Hall–Kier alpha value is -1.67. The zero-order valence-electron chi connectivity index (χ0n) is 16.0. The Kier molecular flexibility index (Phi) is 4.62. The molecular formula is C20H23ClF3N5. The third-order valence-electron chi connectivity index (χ3n) is 6.76. The van der Waals surface area contributed by atoms with Gasteiger partial charge in [-0.25, -0.2) is 28.1 Å². The second kappa shape index (κ2) is 6.94.